The fourth-order valence-electron chi connectivity index (χ4n) is 5.23. The number of benzene rings is 1. The summed E-state index contributed by atoms with van der Waals surface area (Å²) in [6, 6.07) is 14.8. The Balaban J connectivity index is 1.37. The molecule has 1 N–H and O–H groups in total. The van der Waals surface area contributed by atoms with E-state index in [1.54, 1.807) is 6.20 Å². The van der Waals surface area contributed by atoms with Gasteiger partial charge in [0.05, 0.1) is 17.7 Å². The van der Waals surface area contributed by atoms with Crippen LogP contribution in [-0.2, 0) is 23.3 Å². The van der Waals surface area contributed by atoms with Crippen LogP contribution in [0.2, 0.25) is 0 Å². The third-order valence-electron chi connectivity index (χ3n) is 6.99. The van der Waals surface area contributed by atoms with Crippen LogP contribution >= 0.6 is 0 Å². The van der Waals surface area contributed by atoms with Crippen molar-refractivity contribution in [2.24, 2.45) is 0 Å². The molecule has 2 aliphatic rings. The molecule has 0 unspecified atom stereocenters. The molecule has 172 valence electrons. The van der Waals surface area contributed by atoms with Crippen molar-refractivity contribution in [1.29, 1.82) is 0 Å². The van der Waals surface area contributed by atoms with Crippen molar-refractivity contribution in [3.8, 4) is 0 Å². The molecule has 1 amide bonds. The predicted molar refractivity (Wildman–Crippen MR) is 124 cm³/mol. The molecular formula is C26H31N5O2. The van der Waals surface area contributed by atoms with Gasteiger partial charge in [-0.15, -0.1) is 0 Å². The van der Waals surface area contributed by atoms with Gasteiger partial charge in [-0.25, -0.2) is 0 Å². The number of rotatable bonds is 8. The van der Waals surface area contributed by atoms with Gasteiger partial charge in [-0.3, -0.25) is 14.7 Å². The van der Waals surface area contributed by atoms with E-state index in [1.165, 1.54) is 24.0 Å². The second-order valence-corrected chi connectivity index (χ2v) is 9.46. The maximum atomic E-state index is 11.7. The number of carbonyl (C=O) groups is 1. The number of nitrogens with zero attached hydrogens (tertiary/aromatic N) is 4. The number of amides is 1. The summed E-state index contributed by atoms with van der Waals surface area (Å²) in [7, 11) is 0. The summed E-state index contributed by atoms with van der Waals surface area (Å²) >= 11 is 0. The van der Waals surface area contributed by atoms with Crippen molar-refractivity contribution in [3.05, 3.63) is 77.2 Å². The Kier molecular flexibility index (Phi) is 6.22. The quantitative estimate of drug-likeness (QED) is 0.566. The lowest BCUT2D eigenvalue weighted by Crippen LogP contribution is -2.38. The molecule has 1 atom stereocenters. The molecule has 0 spiro atoms. The second-order valence-electron chi connectivity index (χ2n) is 9.46. The van der Waals surface area contributed by atoms with Crippen LogP contribution in [0.25, 0.3) is 0 Å². The Bertz CT molecular complexity index is 1070. The highest BCUT2D eigenvalue weighted by molar-refractivity contribution is 5.78. The first-order chi connectivity index (χ1) is 16.1. The minimum Gasteiger partial charge on any atom is -0.352 e. The van der Waals surface area contributed by atoms with Gasteiger partial charge in [-0.1, -0.05) is 53.9 Å². The lowest BCUT2D eigenvalue weighted by molar-refractivity contribution is -0.119. The van der Waals surface area contributed by atoms with E-state index >= 15 is 0 Å². The maximum Gasteiger partial charge on any atom is 0.240 e. The van der Waals surface area contributed by atoms with Crippen LogP contribution in [0.3, 0.4) is 0 Å². The first-order valence-electron chi connectivity index (χ1n) is 11.9. The van der Waals surface area contributed by atoms with Crippen LogP contribution < -0.4 is 5.32 Å². The Morgan fingerprint density at radius 3 is 2.64 bits per heavy atom. The summed E-state index contributed by atoms with van der Waals surface area (Å²) in [4.78, 5) is 23.3. The average molecular weight is 446 g/mol. The van der Waals surface area contributed by atoms with Gasteiger partial charge in [0.25, 0.3) is 0 Å². The van der Waals surface area contributed by atoms with Crippen LogP contribution in [0.15, 0.2) is 53.2 Å². The van der Waals surface area contributed by atoms with Crippen LogP contribution in [0.4, 0.5) is 0 Å². The third kappa shape index (κ3) is 4.83. The van der Waals surface area contributed by atoms with Gasteiger partial charge < -0.3 is 9.84 Å². The predicted octanol–water partition coefficient (Wildman–Crippen LogP) is 3.91. The highest BCUT2D eigenvalue weighted by Gasteiger charge is 2.41. The smallest absolute Gasteiger partial charge is 0.240 e. The summed E-state index contributed by atoms with van der Waals surface area (Å²) < 4.78 is 5.79. The normalized spacial score (nSPS) is 19.8. The number of pyridine rings is 1. The van der Waals surface area contributed by atoms with Gasteiger partial charge in [-0.2, -0.15) is 4.98 Å². The first kappa shape index (κ1) is 21.8. The maximum absolute atomic E-state index is 11.7. The molecule has 33 heavy (non-hydrogen) atoms. The second kappa shape index (κ2) is 9.43. The number of aryl methyl sites for hydroxylation is 1. The molecular weight excluding hydrogens is 414 g/mol. The molecule has 7 nitrogen and oxygen atoms in total. The molecule has 0 bridgehead atoms. The number of hydrogen-bond acceptors (Lipinski definition) is 6. The van der Waals surface area contributed by atoms with Crippen LogP contribution in [0.1, 0.15) is 67.1 Å². The molecule has 3 heterocycles. The molecule has 1 aliphatic heterocycles. The highest BCUT2D eigenvalue weighted by Crippen LogP contribution is 2.45. The van der Waals surface area contributed by atoms with E-state index in [2.05, 4.69) is 51.5 Å². The lowest BCUT2D eigenvalue weighted by Gasteiger charge is -2.26. The zero-order valence-electron chi connectivity index (χ0n) is 19.2. The number of aromatic nitrogens is 3. The minimum atomic E-state index is -0.166. The summed E-state index contributed by atoms with van der Waals surface area (Å²) in [6.45, 7) is 4.03. The molecule has 1 saturated heterocycles. The molecule has 0 radical (unpaired) electrons. The van der Waals surface area contributed by atoms with E-state index in [0.717, 1.165) is 37.3 Å². The van der Waals surface area contributed by atoms with Gasteiger partial charge in [0.15, 0.2) is 5.82 Å². The largest absolute Gasteiger partial charge is 0.352 e. The lowest BCUT2D eigenvalue weighted by atomic mass is 9.78. The van der Waals surface area contributed by atoms with Gasteiger partial charge >= 0.3 is 0 Å². The van der Waals surface area contributed by atoms with E-state index in [-0.39, 0.29) is 17.4 Å². The van der Waals surface area contributed by atoms with Gasteiger partial charge in [0.2, 0.25) is 11.8 Å². The van der Waals surface area contributed by atoms with Crippen molar-refractivity contribution in [2.75, 3.05) is 6.54 Å². The average Bonchev–Trinajstić information content (AvgIpc) is 3.57. The Morgan fingerprint density at radius 2 is 1.94 bits per heavy atom. The van der Waals surface area contributed by atoms with Crippen molar-refractivity contribution < 1.29 is 9.32 Å². The number of hydrogen-bond donors (Lipinski definition) is 1. The van der Waals surface area contributed by atoms with E-state index in [4.69, 9.17) is 9.51 Å². The SMILES string of the molecule is Cc1ccc(C2(c3noc(CN(Cc4ccccn4)C[C@@H]4CCC(=O)N4)n3)CCCC2)cc1. The third-order valence-corrected chi connectivity index (χ3v) is 6.99. The molecule has 1 saturated carbocycles. The minimum absolute atomic E-state index is 0.124. The van der Waals surface area contributed by atoms with E-state index in [9.17, 15) is 4.79 Å². The Labute approximate surface area is 194 Å². The fraction of sp³-hybridized carbons (Fsp3) is 0.462. The van der Waals surface area contributed by atoms with Crippen molar-refractivity contribution in [2.45, 2.75) is 70.0 Å². The van der Waals surface area contributed by atoms with Gasteiger partial charge in [0, 0.05) is 31.7 Å². The topological polar surface area (TPSA) is 84.2 Å². The highest BCUT2D eigenvalue weighted by atomic mass is 16.5. The van der Waals surface area contributed by atoms with Crippen LogP contribution in [0, 0.1) is 6.92 Å². The molecule has 7 heteroatoms. The van der Waals surface area contributed by atoms with Gasteiger partial charge in [0.1, 0.15) is 0 Å². The zero-order chi connectivity index (χ0) is 22.7. The molecule has 1 aromatic carbocycles. The molecule has 2 fully saturated rings. The monoisotopic (exact) mass is 445 g/mol. The van der Waals surface area contributed by atoms with Gasteiger partial charge in [-0.05, 0) is 43.9 Å². The van der Waals surface area contributed by atoms with E-state index in [1.807, 2.05) is 18.2 Å². The Morgan fingerprint density at radius 1 is 1.12 bits per heavy atom. The fourth-order valence-corrected chi connectivity index (χ4v) is 5.23. The first-order valence-corrected chi connectivity index (χ1v) is 11.9. The van der Waals surface area contributed by atoms with Crippen molar-refractivity contribution in [1.82, 2.24) is 25.3 Å². The molecule has 3 aromatic rings. The number of nitrogens with one attached hydrogen (secondary N) is 1. The van der Waals surface area contributed by atoms with Crippen molar-refractivity contribution in [3.63, 3.8) is 0 Å². The zero-order valence-corrected chi connectivity index (χ0v) is 19.2. The van der Waals surface area contributed by atoms with Crippen LogP contribution in [0.5, 0.6) is 0 Å². The van der Waals surface area contributed by atoms with E-state index < -0.39 is 0 Å². The summed E-state index contributed by atoms with van der Waals surface area (Å²) in [5, 5.41) is 7.55. The summed E-state index contributed by atoms with van der Waals surface area (Å²) in [5.41, 5.74) is 3.34. The molecule has 1 aliphatic carbocycles. The summed E-state index contributed by atoms with van der Waals surface area (Å²) in [5.74, 6) is 1.54. The Hall–Kier alpha value is -3.06. The standard InChI is InChI=1S/C26H31N5O2/c1-19-7-9-20(10-8-19)26(13-3-4-14-26)25-29-24(33-30-25)18-31(16-21-6-2-5-15-27-21)17-22-11-12-23(32)28-22/h2,5-10,15,22H,3-4,11-14,16-18H2,1H3,(H,28,32)/t22-/m0/s1. The van der Waals surface area contributed by atoms with Crippen LogP contribution in [-0.4, -0.2) is 38.5 Å². The molecule has 5 rings (SSSR count). The summed E-state index contributed by atoms with van der Waals surface area (Å²) in [6.07, 6.45) is 7.67. The van der Waals surface area contributed by atoms with Crippen molar-refractivity contribution >= 4 is 5.91 Å². The number of carbonyl (C=O) groups excluding carboxylic acids is 1. The molecule has 2 aromatic heterocycles. The van der Waals surface area contributed by atoms with E-state index in [0.29, 0.717) is 25.4 Å².